The van der Waals surface area contributed by atoms with E-state index < -0.39 is 5.41 Å². The lowest BCUT2D eigenvalue weighted by Crippen LogP contribution is -2.52. The highest BCUT2D eigenvalue weighted by Gasteiger charge is 2.39. The Bertz CT molecular complexity index is 284. The lowest BCUT2D eigenvalue weighted by atomic mass is 9.81. The number of carbonyl (C=O) groups is 1. The van der Waals surface area contributed by atoms with Crippen LogP contribution >= 0.6 is 12.2 Å². The molecule has 0 aromatic rings. The zero-order valence-corrected chi connectivity index (χ0v) is 11.4. The smallest absolute Gasteiger partial charge is 0.233 e. The Balaban J connectivity index is 2.67. The average Bonchev–Trinajstić information content (AvgIpc) is 2.32. The maximum absolute atomic E-state index is 12.3. The summed E-state index contributed by atoms with van der Waals surface area (Å²) < 4.78 is 5.34. The van der Waals surface area contributed by atoms with Crippen LogP contribution in [0.5, 0.6) is 0 Å². The molecule has 5 heteroatoms. The largest absolute Gasteiger partial charge is 0.392 e. The minimum Gasteiger partial charge on any atom is -0.392 e. The topological polar surface area (TPSA) is 64.3 Å². The predicted molar refractivity (Wildman–Crippen MR) is 71.8 cm³/mol. The van der Waals surface area contributed by atoms with Crippen LogP contribution in [0, 0.1) is 5.41 Å². The second kappa shape index (κ2) is 6.31. The van der Waals surface area contributed by atoms with Gasteiger partial charge in [-0.05, 0) is 25.7 Å². The molecule has 0 bridgehead atoms. The van der Waals surface area contributed by atoms with Crippen molar-refractivity contribution in [2.45, 2.75) is 45.6 Å². The Morgan fingerprint density at radius 3 is 2.59 bits per heavy atom. The average molecular weight is 258 g/mol. The predicted octanol–water partition coefficient (Wildman–Crippen LogP) is 1.37. The molecular formula is C12H22N2O2S. The van der Waals surface area contributed by atoms with Crippen LogP contribution in [-0.2, 0) is 9.53 Å². The van der Waals surface area contributed by atoms with Crippen molar-refractivity contribution in [2.75, 3.05) is 13.2 Å². The number of nitrogens with two attached hydrogens (primary N) is 1. The third kappa shape index (κ3) is 3.16. The zero-order valence-electron chi connectivity index (χ0n) is 10.6. The van der Waals surface area contributed by atoms with E-state index in [2.05, 4.69) is 5.32 Å². The Labute approximate surface area is 108 Å². The van der Waals surface area contributed by atoms with Crippen LogP contribution in [0.2, 0.25) is 0 Å². The van der Waals surface area contributed by atoms with Gasteiger partial charge in [0.2, 0.25) is 5.91 Å². The molecule has 0 aromatic carbocycles. The van der Waals surface area contributed by atoms with Gasteiger partial charge >= 0.3 is 0 Å². The quantitative estimate of drug-likeness (QED) is 0.731. The summed E-state index contributed by atoms with van der Waals surface area (Å²) in [6, 6.07) is 0.100. The molecule has 1 amide bonds. The zero-order chi connectivity index (χ0) is 12.9. The fourth-order valence-electron chi connectivity index (χ4n) is 2.21. The molecule has 1 heterocycles. The first-order valence-corrected chi connectivity index (χ1v) is 6.66. The van der Waals surface area contributed by atoms with Crippen LogP contribution in [0.25, 0.3) is 0 Å². The van der Waals surface area contributed by atoms with Crippen LogP contribution in [-0.4, -0.2) is 30.2 Å². The number of amides is 1. The Kier molecular flexibility index (Phi) is 5.33. The Morgan fingerprint density at radius 1 is 1.53 bits per heavy atom. The third-order valence-corrected chi connectivity index (χ3v) is 4.00. The highest BCUT2D eigenvalue weighted by Crippen LogP contribution is 2.27. The summed E-state index contributed by atoms with van der Waals surface area (Å²) >= 11 is 5.06. The fraction of sp³-hybridized carbons (Fsp3) is 0.833. The van der Waals surface area contributed by atoms with Crippen molar-refractivity contribution < 1.29 is 9.53 Å². The first-order chi connectivity index (χ1) is 8.06. The van der Waals surface area contributed by atoms with Crippen molar-refractivity contribution in [3.63, 3.8) is 0 Å². The van der Waals surface area contributed by atoms with E-state index in [0.717, 1.165) is 19.4 Å². The molecule has 1 saturated heterocycles. The van der Waals surface area contributed by atoms with E-state index in [0.29, 0.717) is 19.4 Å². The van der Waals surface area contributed by atoms with Crippen molar-refractivity contribution in [3.8, 4) is 0 Å². The van der Waals surface area contributed by atoms with E-state index in [1.807, 2.05) is 13.8 Å². The van der Waals surface area contributed by atoms with Gasteiger partial charge < -0.3 is 15.8 Å². The third-order valence-electron chi connectivity index (χ3n) is 3.61. The van der Waals surface area contributed by atoms with Gasteiger partial charge in [0.05, 0.1) is 23.1 Å². The van der Waals surface area contributed by atoms with Gasteiger partial charge in [-0.15, -0.1) is 0 Å². The number of hydrogen-bond acceptors (Lipinski definition) is 3. The maximum atomic E-state index is 12.3. The summed E-state index contributed by atoms with van der Waals surface area (Å²) in [4.78, 5) is 12.6. The van der Waals surface area contributed by atoms with Gasteiger partial charge in [0.1, 0.15) is 0 Å². The highest BCUT2D eigenvalue weighted by atomic mass is 32.1. The molecule has 3 N–H and O–H groups in total. The summed E-state index contributed by atoms with van der Waals surface area (Å²) in [7, 11) is 0. The van der Waals surface area contributed by atoms with Gasteiger partial charge in [-0.1, -0.05) is 26.1 Å². The van der Waals surface area contributed by atoms with Crippen LogP contribution in [0.1, 0.15) is 39.5 Å². The van der Waals surface area contributed by atoms with Crippen LogP contribution in [0.4, 0.5) is 0 Å². The monoisotopic (exact) mass is 258 g/mol. The molecule has 17 heavy (non-hydrogen) atoms. The van der Waals surface area contributed by atoms with Crippen LogP contribution in [0.3, 0.4) is 0 Å². The molecule has 0 saturated carbocycles. The minimum atomic E-state index is -0.702. The summed E-state index contributed by atoms with van der Waals surface area (Å²) in [6.45, 7) is 5.26. The lowest BCUT2D eigenvalue weighted by Gasteiger charge is -2.32. The van der Waals surface area contributed by atoms with E-state index in [1.54, 1.807) is 0 Å². The van der Waals surface area contributed by atoms with Crippen molar-refractivity contribution >= 4 is 23.1 Å². The molecule has 1 aliphatic heterocycles. The number of hydrogen-bond donors (Lipinski definition) is 2. The molecule has 0 aromatic heterocycles. The van der Waals surface area contributed by atoms with Crippen molar-refractivity contribution in [1.82, 2.24) is 5.32 Å². The number of rotatable bonds is 5. The normalized spacial score (nSPS) is 20.9. The molecule has 0 aliphatic carbocycles. The fourth-order valence-corrected chi connectivity index (χ4v) is 2.59. The van der Waals surface area contributed by atoms with E-state index in [-0.39, 0.29) is 16.9 Å². The molecule has 98 valence electrons. The van der Waals surface area contributed by atoms with Crippen molar-refractivity contribution in [3.05, 3.63) is 0 Å². The summed E-state index contributed by atoms with van der Waals surface area (Å²) in [6.07, 6.45) is 3.23. The molecule has 4 nitrogen and oxygen atoms in total. The standard InChI is InChI=1S/C12H22N2O2S/c1-3-12(4-2,10(13)17)11(15)14-9-6-5-7-16-8-9/h9H,3-8H2,1-2H3,(H2,13,17)(H,14,15). The number of ether oxygens (including phenoxy) is 1. The Morgan fingerprint density at radius 2 is 2.18 bits per heavy atom. The second-order valence-corrected chi connectivity index (χ2v) is 4.98. The maximum Gasteiger partial charge on any atom is 0.233 e. The van der Waals surface area contributed by atoms with E-state index in [9.17, 15) is 4.79 Å². The molecule has 1 fully saturated rings. The van der Waals surface area contributed by atoms with Gasteiger partial charge in [-0.3, -0.25) is 4.79 Å². The van der Waals surface area contributed by atoms with Crippen molar-refractivity contribution in [1.29, 1.82) is 0 Å². The van der Waals surface area contributed by atoms with Gasteiger partial charge in [-0.2, -0.15) is 0 Å². The SMILES string of the molecule is CCC(CC)(C(=O)NC1CCCOC1)C(N)=S. The number of nitrogens with one attached hydrogen (secondary N) is 1. The van der Waals surface area contributed by atoms with Crippen LogP contribution in [0.15, 0.2) is 0 Å². The summed E-state index contributed by atoms with van der Waals surface area (Å²) in [5.41, 5.74) is 5.04. The van der Waals surface area contributed by atoms with Crippen LogP contribution < -0.4 is 11.1 Å². The highest BCUT2D eigenvalue weighted by molar-refractivity contribution is 7.80. The first kappa shape index (κ1) is 14.4. The molecule has 0 radical (unpaired) electrons. The van der Waals surface area contributed by atoms with Gasteiger partial charge in [-0.25, -0.2) is 0 Å². The second-order valence-electron chi connectivity index (χ2n) is 4.54. The minimum absolute atomic E-state index is 0.0505. The van der Waals surface area contributed by atoms with Gasteiger partial charge in [0.15, 0.2) is 0 Å². The Hall–Kier alpha value is -0.680. The molecule has 1 rings (SSSR count). The van der Waals surface area contributed by atoms with E-state index in [4.69, 9.17) is 22.7 Å². The molecule has 1 atom stereocenters. The molecule has 0 spiro atoms. The number of carbonyl (C=O) groups excluding carboxylic acids is 1. The van der Waals surface area contributed by atoms with Crippen molar-refractivity contribution in [2.24, 2.45) is 11.1 Å². The lowest BCUT2D eigenvalue weighted by molar-refractivity contribution is -0.129. The van der Waals surface area contributed by atoms with E-state index in [1.165, 1.54) is 0 Å². The van der Waals surface area contributed by atoms with Gasteiger partial charge in [0, 0.05) is 6.61 Å². The molecule has 1 unspecified atom stereocenters. The summed E-state index contributed by atoms with van der Waals surface area (Å²) in [5.74, 6) is -0.0505. The molecule has 1 aliphatic rings. The first-order valence-electron chi connectivity index (χ1n) is 6.25. The molecular weight excluding hydrogens is 236 g/mol. The summed E-state index contributed by atoms with van der Waals surface area (Å²) in [5, 5.41) is 3.01. The van der Waals surface area contributed by atoms with Gasteiger partial charge in [0.25, 0.3) is 0 Å². The number of thiocarbonyl (C=S) groups is 1. The van der Waals surface area contributed by atoms with E-state index >= 15 is 0 Å².